The van der Waals surface area contributed by atoms with E-state index in [1.165, 1.54) is 0 Å². The molecule has 0 amide bonds. The van der Waals surface area contributed by atoms with Gasteiger partial charge in [0.15, 0.2) is 0 Å². The molecule has 0 heterocycles. The average molecular weight is 277 g/mol. The Morgan fingerprint density at radius 3 is 2.29 bits per heavy atom. The van der Waals surface area contributed by atoms with Crippen LogP contribution in [0.2, 0.25) is 0 Å². The van der Waals surface area contributed by atoms with Gasteiger partial charge in [-0.3, -0.25) is 0 Å². The summed E-state index contributed by atoms with van der Waals surface area (Å²) in [5.74, 6) is 0. The number of fused-ring (bicyclic) bond motifs is 1. The summed E-state index contributed by atoms with van der Waals surface area (Å²) in [6.07, 6.45) is -0.0381. The minimum Gasteiger partial charge on any atom is -0.391 e. The number of hydrogen-bond donors (Lipinski definition) is 2. The maximum atomic E-state index is 10.5. The van der Waals surface area contributed by atoms with Crippen molar-refractivity contribution in [1.82, 2.24) is 0 Å². The van der Waals surface area contributed by atoms with E-state index >= 15 is 0 Å². The van der Waals surface area contributed by atoms with E-state index in [9.17, 15) is 5.11 Å². The van der Waals surface area contributed by atoms with E-state index in [-0.39, 0.29) is 0 Å². The van der Waals surface area contributed by atoms with Crippen LogP contribution < -0.4 is 5.73 Å². The molecular weight excluding hydrogens is 258 g/mol. The number of aliphatic hydroxyl groups is 1. The molecule has 0 radical (unpaired) electrons. The maximum absolute atomic E-state index is 10.5. The van der Waals surface area contributed by atoms with Gasteiger partial charge in [-0.25, -0.2) is 0 Å². The Hall–Kier alpha value is -2.16. The Bertz CT molecular complexity index is 718. The predicted octanol–water partition coefficient (Wildman–Crippen LogP) is 3.44. The summed E-state index contributed by atoms with van der Waals surface area (Å²) in [4.78, 5) is 0. The summed E-state index contributed by atoms with van der Waals surface area (Å²) in [7, 11) is 0. The average Bonchev–Trinajstić information content (AvgIpc) is 2.54. The molecule has 0 spiro atoms. The van der Waals surface area contributed by atoms with Gasteiger partial charge in [-0.05, 0) is 21.9 Å². The van der Waals surface area contributed by atoms with Crippen LogP contribution in [0.25, 0.3) is 10.8 Å². The topological polar surface area (TPSA) is 46.2 Å². The van der Waals surface area contributed by atoms with Crippen molar-refractivity contribution in [2.75, 3.05) is 0 Å². The van der Waals surface area contributed by atoms with Gasteiger partial charge in [-0.1, -0.05) is 72.8 Å². The monoisotopic (exact) mass is 277 g/mol. The van der Waals surface area contributed by atoms with Gasteiger partial charge in [-0.15, -0.1) is 0 Å². The first-order chi connectivity index (χ1) is 10.3. The molecule has 0 saturated carbocycles. The molecule has 3 rings (SSSR count). The van der Waals surface area contributed by atoms with Crippen molar-refractivity contribution >= 4 is 10.8 Å². The zero-order valence-corrected chi connectivity index (χ0v) is 11.8. The molecule has 2 atom stereocenters. The molecule has 106 valence electrons. The van der Waals surface area contributed by atoms with Crippen molar-refractivity contribution < 1.29 is 5.11 Å². The molecule has 0 aliphatic heterocycles. The van der Waals surface area contributed by atoms with Gasteiger partial charge in [-0.2, -0.15) is 0 Å². The molecule has 0 saturated heterocycles. The fourth-order valence-corrected chi connectivity index (χ4v) is 2.73. The SMILES string of the molecule is N[C@@H](c1cccc2ccccc12)[C@H](O)Cc1ccccc1. The first-order valence-corrected chi connectivity index (χ1v) is 7.21. The summed E-state index contributed by atoms with van der Waals surface area (Å²) in [6.45, 7) is 0. The standard InChI is InChI=1S/C19H19NO/c20-19(18(21)13-14-7-2-1-3-8-14)17-12-6-10-15-9-4-5-11-16(15)17/h1-12,18-19,21H,13,20H2/t18-,19+/m1/s1. The zero-order chi connectivity index (χ0) is 14.7. The molecular formula is C19H19NO. The van der Waals surface area contributed by atoms with Crippen LogP contribution in [-0.4, -0.2) is 11.2 Å². The quantitative estimate of drug-likeness (QED) is 0.767. The third-order valence-corrected chi connectivity index (χ3v) is 3.88. The second-order valence-electron chi connectivity index (χ2n) is 5.35. The maximum Gasteiger partial charge on any atom is 0.0773 e. The summed E-state index contributed by atoms with van der Waals surface area (Å²) < 4.78 is 0. The van der Waals surface area contributed by atoms with E-state index in [0.29, 0.717) is 6.42 Å². The van der Waals surface area contributed by atoms with E-state index in [0.717, 1.165) is 21.9 Å². The second kappa shape index (κ2) is 6.08. The van der Waals surface area contributed by atoms with Gasteiger partial charge < -0.3 is 10.8 Å². The first kappa shape index (κ1) is 13.8. The highest BCUT2D eigenvalue weighted by molar-refractivity contribution is 5.86. The van der Waals surface area contributed by atoms with E-state index in [1.54, 1.807) is 0 Å². The number of rotatable bonds is 4. The van der Waals surface area contributed by atoms with Crippen LogP contribution in [0, 0.1) is 0 Å². The molecule has 2 heteroatoms. The molecule has 0 bridgehead atoms. The minimum absolute atomic E-state index is 0.392. The van der Waals surface area contributed by atoms with Crippen LogP contribution >= 0.6 is 0 Å². The normalized spacial score (nSPS) is 14.0. The van der Waals surface area contributed by atoms with Crippen molar-refractivity contribution in [3.05, 3.63) is 83.9 Å². The van der Waals surface area contributed by atoms with E-state index in [4.69, 9.17) is 5.73 Å². The van der Waals surface area contributed by atoms with Crippen molar-refractivity contribution in [1.29, 1.82) is 0 Å². The lowest BCUT2D eigenvalue weighted by molar-refractivity contribution is 0.145. The number of benzene rings is 3. The van der Waals surface area contributed by atoms with Crippen LogP contribution in [0.15, 0.2) is 72.8 Å². The van der Waals surface area contributed by atoms with Crippen LogP contribution in [0.3, 0.4) is 0 Å². The highest BCUT2D eigenvalue weighted by atomic mass is 16.3. The smallest absolute Gasteiger partial charge is 0.0773 e. The lowest BCUT2D eigenvalue weighted by Gasteiger charge is -2.21. The molecule has 3 N–H and O–H groups in total. The molecule has 2 nitrogen and oxygen atoms in total. The highest BCUT2D eigenvalue weighted by Crippen LogP contribution is 2.26. The minimum atomic E-state index is -0.599. The Balaban J connectivity index is 1.88. The Morgan fingerprint density at radius 2 is 1.48 bits per heavy atom. The van der Waals surface area contributed by atoms with E-state index < -0.39 is 12.1 Å². The van der Waals surface area contributed by atoms with Gasteiger partial charge in [0, 0.05) is 6.42 Å². The molecule has 0 aromatic heterocycles. The Morgan fingerprint density at radius 1 is 0.810 bits per heavy atom. The van der Waals surface area contributed by atoms with Crippen molar-refractivity contribution in [3.8, 4) is 0 Å². The lowest BCUT2D eigenvalue weighted by Crippen LogP contribution is -2.28. The Kier molecular flexibility index (Phi) is 4.00. The fourth-order valence-electron chi connectivity index (χ4n) is 2.73. The largest absolute Gasteiger partial charge is 0.391 e. The van der Waals surface area contributed by atoms with Gasteiger partial charge in [0.1, 0.15) is 0 Å². The Labute approximate surface area is 124 Å². The van der Waals surface area contributed by atoms with Crippen molar-refractivity contribution in [3.63, 3.8) is 0 Å². The summed E-state index contributed by atoms with van der Waals surface area (Å²) in [6, 6.07) is 23.8. The molecule has 0 unspecified atom stereocenters. The van der Waals surface area contributed by atoms with Crippen molar-refractivity contribution in [2.24, 2.45) is 5.73 Å². The number of nitrogens with two attached hydrogens (primary N) is 1. The first-order valence-electron chi connectivity index (χ1n) is 7.21. The molecule has 0 aliphatic carbocycles. The van der Waals surface area contributed by atoms with Crippen LogP contribution in [0.1, 0.15) is 17.2 Å². The number of hydrogen-bond acceptors (Lipinski definition) is 2. The van der Waals surface area contributed by atoms with E-state index in [1.807, 2.05) is 54.6 Å². The van der Waals surface area contributed by atoms with Gasteiger partial charge in [0.25, 0.3) is 0 Å². The molecule has 0 fully saturated rings. The number of aliphatic hydroxyl groups excluding tert-OH is 1. The predicted molar refractivity (Wildman–Crippen MR) is 87.0 cm³/mol. The summed E-state index contributed by atoms with van der Waals surface area (Å²) >= 11 is 0. The van der Waals surface area contributed by atoms with Crippen LogP contribution in [-0.2, 0) is 6.42 Å². The third kappa shape index (κ3) is 2.97. The fraction of sp³-hybridized carbons (Fsp3) is 0.158. The molecule has 3 aromatic rings. The van der Waals surface area contributed by atoms with Gasteiger partial charge >= 0.3 is 0 Å². The highest BCUT2D eigenvalue weighted by Gasteiger charge is 2.19. The van der Waals surface area contributed by atoms with E-state index in [2.05, 4.69) is 18.2 Å². The second-order valence-corrected chi connectivity index (χ2v) is 5.35. The van der Waals surface area contributed by atoms with Crippen LogP contribution in [0.5, 0.6) is 0 Å². The van der Waals surface area contributed by atoms with Gasteiger partial charge in [0.2, 0.25) is 0 Å². The molecule has 3 aromatic carbocycles. The third-order valence-electron chi connectivity index (χ3n) is 3.88. The molecule has 0 aliphatic rings. The van der Waals surface area contributed by atoms with Crippen LogP contribution in [0.4, 0.5) is 0 Å². The zero-order valence-electron chi connectivity index (χ0n) is 11.8. The summed E-state index contributed by atoms with van der Waals surface area (Å²) in [5, 5.41) is 12.7. The summed E-state index contributed by atoms with van der Waals surface area (Å²) in [5.41, 5.74) is 8.40. The van der Waals surface area contributed by atoms with Gasteiger partial charge in [0.05, 0.1) is 12.1 Å². The van der Waals surface area contributed by atoms with Crippen molar-refractivity contribution in [2.45, 2.75) is 18.6 Å². The molecule has 21 heavy (non-hydrogen) atoms. The lowest BCUT2D eigenvalue weighted by atomic mass is 9.93.